The van der Waals surface area contributed by atoms with Crippen LogP contribution in [0.4, 0.5) is 0 Å². The van der Waals surface area contributed by atoms with Crippen molar-refractivity contribution in [3.05, 3.63) is 11.5 Å². The van der Waals surface area contributed by atoms with Gasteiger partial charge in [-0.15, -0.1) is 0 Å². The molecule has 2 N–H and O–H groups in total. The second kappa shape index (κ2) is 30.2. The van der Waals surface area contributed by atoms with Gasteiger partial charge in [-0.05, 0) is 25.7 Å². The van der Waals surface area contributed by atoms with E-state index < -0.39 is 11.8 Å². The monoisotopic (exact) mass is 402 g/mol. The fraction of sp³-hybridized carbons (Fsp3) is 0.875. The molecule has 0 fully saturated rings. The first-order valence-corrected chi connectivity index (χ1v) is 8.03. The molecule has 0 unspecified atom stereocenters. The number of unbranched alkanes of at least 4 members (excludes halogenated alkanes) is 8. The summed E-state index contributed by atoms with van der Waals surface area (Å²) in [5.74, 6) is -0.840. The third kappa shape index (κ3) is 44.9. The first-order valence-electron chi connectivity index (χ1n) is 8.03. The van der Waals surface area contributed by atoms with E-state index in [0.717, 1.165) is 25.7 Å². The third-order valence-electron chi connectivity index (χ3n) is 3.01. The smallest absolute Gasteiger partial charge is 1.00 e. The van der Waals surface area contributed by atoms with Crippen molar-refractivity contribution in [2.75, 3.05) is 0 Å². The summed E-state index contributed by atoms with van der Waals surface area (Å²) in [6, 6.07) is 0. The average Bonchev–Trinajstić information content (AvgIpc) is 2.38. The quantitative estimate of drug-likeness (QED) is 0.336. The van der Waals surface area contributed by atoms with Gasteiger partial charge >= 0.3 is 21.7 Å². The average molecular weight is 403 g/mol. The van der Waals surface area contributed by atoms with Crippen LogP contribution in [0.15, 0.2) is 0 Å². The van der Waals surface area contributed by atoms with Crippen LogP contribution in [0.2, 0.25) is 0 Å². The molecule has 0 heterocycles. The predicted octanol–water partition coefficient (Wildman–Crippen LogP) is -0.143. The molecular weight excluding hydrogens is 371 g/mol. The molecule has 0 aliphatic heterocycles. The van der Waals surface area contributed by atoms with Crippen molar-refractivity contribution in [3.63, 3.8) is 0 Å². The molecule has 0 aliphatic carbocycles. The Morgan fingerprint density at radius 1 is 0.609 bits per heavy atom. The van der Waals surface area contributed by atoms with Crippen LogP contribution in [0.5, 0.6) is 0 Å². The van der Waals surface area contributed by atoms with Crippen LogP contribution in [0.25, 0.3) is 11.5 Å². The summed E-state index contributed by atoms with van der Waals surface area (Å²) in [4.78, 5) is 20.3. The van der Waals surface area contributed by atoms with Crippen molar-refractivity contribution in [3.8, 4) is 0 Å². The molecule has 0 atom stereocenters. The number of carbonyl (C=O) groups excluding carboxylic acids is 2. The second-order valence-corrected chi connectivity index (χ2v) is 5.17. The fourth-order valence-corrected chi connectivity index (χ4v) is 1.78. The van der Waals surface area contributed by atoms with Crippen molar-refractivity contribution in [2.24, 2.45) is 0 Å². The maximum Gasteiger partial charge on any atom is 4.00 e. The number of nitrogens with one attached hydrogen (secondary N) is 2. The fourth-order valence-electron chi connectivity index (χ4n) is 1.78. The number of hydrogen-bond donors (Lipinski definition) is 0. The van der Waals surface area contributed by atoms with Gasteiger partial charge in [-0.3, -0.25) is 0 Å². The molecule has 0 saturated carbocycles. The molecule has 0 aromatic rings. The molecule has 2 amide bonds. The Bertz CT molecular complexity index is 222. The zero-order valence-corrected chi connectivity index (χ0v) is 17.6. The molecule has 23 heavy (non-hydrogen) atoms. The van der Waals surface area contributed by atoms with Gasteiger partial charge in [0.1, 0.15) is 0 Å². The largest absolute Gasteiger partial charge is 4.00 e. The van der Waals surface area contributed by atoms with E-state index in [2.05, 4.69) is 13.8 Å². The van der Waals surface area contributed by atoms with E-state index >= 15 is 0 Å². The van der Waals surface area contributed by atoms with E-state index in [1.165, 1.54) is 38.5 Å². The van der Waals surface area contributed by atoms with Crippen LogP contribution >= 0.6 is 0 Å². The van der Waals surface area contributed by atoms with E-state index in [0.29, 0.717) is 12.8 Å². The number of rotatable bonds is 12. The summed E-state index contributed by atoms with van der Waals surface area (Å²) in [5.41, 5.74) is 13.2. The van der Waals surface area contributed by atoms with Gasteiger partial charge in [-0.2, -0.15) is 0 Å². The molecule has 136 valence electrons. The van der Waals surface area contributed by atoms with Gasteiger partial charge in [0.25, 0.3) is 0 Å². The van der Waals surface area contributed by atoms with Crippen molar-refractivity contribution in [1.29, 1.82) is 0 Å². The van der Waals surface area contributed by atoms with E-state index in [4.69, 9.17) is 11.5 Å². The van der Waals surface area contributed by atoms with Gasteiger partial charge in [-0.25, -0.2) is 0 Å². The van der Waals surface area contributed by atoms with Crippen molar-refractivity contribution >= 4 is 11.8 Å². The Balaban J connectivity index is -0.0000000831. The zero-order chi connectivity index (χ0) is 15.6. The molecule has 0 saturated heterocycles. The van der Waals surface area contributed by atoms with Crippen LogP contribution in [0.1, 0.15) is 90.9 Å². The first-order chi connectivity index (χ1) is 9.54. The maximum absolute atomic E-state index is 10.1. The Morgan fingerprint density at radius 2 is 0.870 bits per heavy atom. The molecular formula is C16H32Cl2N2O2Ti. The van der Waals surface area contributed by atoms with Crippen LogP contribution in [0, 0.1) is 0 Å². The summed E-state index contributed by atoms with van der Waals surface area (Å²) in [6.07, 6.45) is 12.3. The second-order valence-electron chi connectivity index (χ2n) is 5.17. The number of halogens is 2. The van der Waals surface area contributed by atoms with Gasteiger partial charge in [0.05, 0.1) is 0 Å². The summed E-state index contributed by atoms with van der Waals surface area (Å²) in [7, 11) is 0. The van der Waals surface area contributed by atoms with Crippen LogP contribution in [0.3, 0.4) is 0 Å². The van der Waals surface area contributed by atoms with Gasteiger partial charge in [0.15, 0.2) is 0 Å². The van der Waals surface area contributed by atoms with Gasteiger partial charge in [0.2, 0.25) is 0 Å². The standard InChI is InChI=1S/2C8H17NO.2ClH.Ti/c2*1-2-3-4-5-6-7-8(9)10;;;/h2*2-7H2,1H3,(H2,9,10);2*1H;/q;;;;+4/p-4. The van der Waals surface area contributed by atoms with Gasteiger partial charge in [-0.1, -0.05) is 65.2 Å². The SMILES string of the molecule is CCCCCCCC([NH-])=O.CCCCCCCC([NH-])=O.[Cl-].[Cl-].[Ti+4]. The van der Waals surface area contributed by atoms with Crippen molar-refractivity contribution in [1.82, 2.24) is 0 Å². The predicted molar refractivity (Wildman–Crippen MR) is 85.4 cm³/mol. The number of amides is 2. The molecule has 0 aliphatic rings. The van der Waals surface area contributed by atoms with E-state index in [-0.39, 0.29) is 46.5 Å². The number of carbonyl (C=O) groups is 2. The Kier molecular flexibility index (Phi) is 45.3. The minimum atomic E-state index is -0.420. The molecule has 0 spiro atoms. The molecule has 0 aromatic carbocycles. The Labute approximate surface area is 170 Å². The topological polar surface area (TPSA) is 81.7 Å². The van der Waals surface area contributed by atoms with E-state index in [1.54, 1.807) is 0 Å². The molecule has 0 bridgehead atoms. The minimum absolute atomic E-state index is 0. The van der Waals surface area contributed by atoms with Crippen LogP contribution < -0.4 is 24.8 Å². The maximum atomic E-state index is 10.1. The van der Waals surface area contributed by atoms with Crippen LogP contribution in [-0.4, -0.2) is 11.8 Å². The number of hydrogen-bond acceptors (Lipinski definition) is 2. The molecule has 7 heteroatoms. The van der Waals surface area contributed by atoms with Crippen molar-refractivity contribution in [2.45, 2.75) is 90.9 Å². The van der Waals surface area contributed by atoms with E-state index in [9.17, 15) is 9.59 Å². The molecule has 0 aromatic heterocycles. The Morgan fingerprint density at radius 3 is 1.09 bits per heavy atom. The summed E-state index contributed by atoms with van der Waals surface area (Å²) >= 11 is 0. The molecule has 0 rings (SSSR count). The summed E-state index contributed by atoms with van der Waals surface area (Å²) in [5, 5.41) is 0. The van der Waals surface area contributed by atoms with Crippen LogP contribution in [-0.2, 0) is 31.3 Å². The molecule has 0 radical (unpaired) electrons. The molecule has 4 nitrogen and oxygen atoms in total. The summed E-state index contributed by atoms with van der Waals surface area (Å²) in [6.45, 7) is 4.32. The third-order valence-corrected chi connectivity index (χ3v) is 3.01. The summed E-state index contributed by atoms with van der Waals surface area (Å²) < 4.78 is 0. The zero-order valence-electron chi connectivity index (χ0n) is 14.6. The Hall–Kier alpha value is 0.234. The van der Waals surface area contributed by atoms with Gasteiger partial charge in [0, 0.05) is 11.8 Å². The van der Waals surface area contributed by atoms with E-state index in [1.807, 2.05) is 0 Å². The first kappa shape index (κ1) is 34.5. The normalized spacial score (nSPS) is 8.43. The van der Waals surface area contributed by atoms with Gasteiger partial charge < -0.3 is 45.9 Å². The van der Waals surface area contributed by atoms with Crippen molar-refractivity contribution < 1.29 is 56.1 Å². The minimum Gasteiger partial charge on any atom is -1.00 e.